The van der Waals surface area contributed by atoms with E-state index >= 15 is 0 Å². The quantitative estimate of drug-likeness (QED) is 0.304. The number of aliphatic hydroxyl groups excluding tert-OH is 1. The van der Waals surface area contributed by atoms with Gasteiger partial charge in [-0.3, -0.25) is 9.59 Å². The predicted molar refractivity (Wildman–Crippen MR) is 138 cm³/mol. The van der Waals surface area contributed by atoms with Crippen LogP contribution in [0, 0.1) is 0 Å². The number of fused-ring (bicyclic) bond motifs is 1. The van der Waals surface area contributed by atoms with E-state index in [4.69, 9.17) is 13.9 Å². The standard InChI is InChI=1S/C29H29NO6/c1-2-23(29(33)35-18-20-10-5-3-6-11-20)30-17-22(31)19-34-25-14-9-15-26-28(25)24(32)16-27(36-26)21-12-7-4-8-13-21/h3-16,22-23,30-31H,2,17-19H2,1H3. The molecule has 0 saturated heterocycles. The highest BCUT2D eigenvalue weighted by molar-refractivity contribution is 5.84. The van der Waals surface area contributed by atoms with Crippen LogP contribution in [0.15, 0.2) is 94.1 Å². The van der Waals surface area contributed by atoms with Crippen LogP contribution in [-0.2, 0) is 16.1 Å². The summed E-state index contributed by atoms with van der Waals surface area (Å²) in [5.41, 5.74) is 1.88. The van der Waals surface area contributed by atoms with E-state index in [0.717, 1.165) is 11.1 Å². The van der Waals surface area contributed by atoms with Crippen molar-refractivity contribution in [3.63, 3.8) is 0 Å². The molecule has 0 aliphatic heterocycles. The van der Waals surface area contributed by atoms with Gasteiger partial charge in [0.25, 0.3) is 0 Å². The van der Waals surface area contributed by atoms with Crippen molar-refractivity contribution in [3.8, 4) is 17.1 Å². The first kappa shape index (κ1) is 25.2. The molecule has 2 atom stereocenters. The van der Waals surface area contributed by atoms with Gasteiger partial charge in [-0.05, 0) is 24.1 Å². The number of carbonyl (C=O) groups is 1. The van der Waals surface area contributed by atoms with Gasteiger partial charge in [-0.2, -0.15) is 0 Å². The van der Waals surface area contributed by atoms with Crippen molar-refractivity contribution in [1.82, 2.24) is 5.32 Å². The van der Waals surface area contributed by atoms with E-state index in [0.29, 0.717) is 28.9 Å². The number of carbonyl (C=O) groups excluding carboxylic acids is 1. The van der Waals surface area contributed by atoms with Gasteiger partial charge in [0.05, 0.1) is 0 Å². The molecule has 0 aliphatic rings. The summed E-state index contributed by atoms with van der Waals surface area (Å²) in [5.74, 6) is 0.420. The number of rotatable bonds is 11. The second-order valence-corrected chi connectivity index (χ2v) is 8.40. The lowest BCUT2D eigenvalue weighted by molar-refractivity contribution is -0.147. The van der Waals surface area contributed by atoms with Crippen LogP contribution >= 0.6 is 0 Å². The molecule has 3 aromatic carbocycles. The molecule has 1 aromatic heterocycles. The molecule has 7 heteroatoms. The second kappa shape index (κ2) is 12.2. The highest BCUT2D eigenvalue weighted by Gasteiger charge is 2.20. The van der Waals surface area contributed by atoms with Crippen molar-refractivity contribution in [3.05, 3.63) is 101 Å². The SMILES string of the molecule is CCC(NCC(O)COc1cccc2oc(-c3ccccc3)cc(=O)c12)C(=O)OCc1ccccc1. The molecular weight excluding hydrogens is 458 g/mol. The molecule has 0 fully saturated rings. The molecular formula is C29H29NO6. The van der Waals surface area contributed by atoms with Crippen molar-refractivity contribution in [2.45, 2.75) is 32.1 Å². The Bertz CT molecular complexity index is 1340. The minimum atomic E-state index is -0.910. The number of nitrogens with one attached hydrogen (secondary N) is 1. The highest BCUT2D eigenvalue weighted by Crippen LogP contribution is 2.27. The van der Waals surface area contributed by atoms with Gasteiger partial charge in [0.1, 0.15) is 47.8 Å². The molecule has 0 saturated carbocycles. The zero-order valence-electron chi connectivity index (χ0n) is 20.1. The Morgan fingerprint density at radius 1 is 1.00 bits per heavy atom. The smallest absolute Gasteiger partial charge is 0.323 e. The van der Waals surface area contributed by atoms with Crippen LogP contribution in [0.1, 0.15) is 18.9 Å². The lowest BCUT2D eigenvalue weighted by Gasteiger charge is -2.19. The third-order valence-corrected chi connectivity index (χ3v) is 5.72. The Labute approximate surface area is 209 Å². The highest BCUT2D eigenvalue weighted by atomic mass is 16.5. The zero-order valence-corrected chi connectivity index (χ0v) is 20.1. The third-order valence-electron chi connectivity index (χ3n) is 5.72. The first-order valence-electron chi connectivity index (χ1n) is 11.9. The van der Waals surface area contributed by atoms with E-state index in [2.05, 4.69) is 5.32 Å². The van der Waals surface area contributed by atoms with Crippen LogP contribution in [0.2, 0.25) is 0 Å². The van der Waals surface area contributed by atoms with Crippen LogP contribution in [0.5, 0.6) is 5.75 Å². The van der Waals surface area contributed by atoms with E-state index < -0.39 is 12.1 Å². The summed E-state index contributed by atoms with van der Waals surface area (Å²) < 4.78 is 17.1. The molecule has 1 heterocycles. The zero-order chi connectivity index (χ0) is 25.3. The number of benzene rings is 3. The maximum absolute atomic E-state index is 12.9. The minimum absolute atomic E-state index is 0.0680. The lowest BCUT2D eigenvalue weighted by atomic mass is 10.1. The monoisotopic (exact) mass is 487 g/mol. The lowest BCUT2D eigenvalue weighted by Crippen LogP contribution is -2.42. The Hall–Kier alpha value is -3.94. The summed E-state index contributed by atoms with van der Waals surface area (Å²) in [6, 6.07) is 24.8. The van der Waals surface area contributed by atoms with Crippen LogP contribution < -0.4 is 15.5 Å². The van der Waals surface area contributed by atoms with E-state index in [1.807, 2.05) is 67.6 Å². The van der Waals surface area contributed by atoms with Crippen LogP contribution in [-0.4, -0.2) is 36.4 Å². The Kier molecular flexibility index (Phi) is 8.49. The number of aliphatic hydroxyl groups is 1. The van der Waals surface area contributed by atoms with E-state index in [1.165, 1.54) is 6.07 Å². The summed E-state index contributed by atoms with van der Waals surface area (Å²) in [6.45, 7) is 2.11. The Balaban J connectivity index is 1.34. The van der Waals surface area contributed by atoms with Crippen molar-refractivity contribution >= 4 is 16.9 Å². The molecule has 7 nitrogen and oxygen atoms in total. The van der Waals surface area contributed by atoms with Crippen LogP contribution in [0.4, 0.5) is 0 Å². The number of ether oxygens (including phenoxy) is 2. The largest absolute Gasteiger partial charge is 0.490 e. The maximum atomic E-state index is 12.9. The molecule has 0 radical (unpaired) electrons. The topological polar surface area (TPSA) is 98.0 Å². The normalized spacial score (nSPS) is 12.7. The van der Waals surface area contributed by atoms with Crippen LogP contribution in [0.3, 0.4) is 0 Å². The molecule has 0 bridgehead atoms. The first-order chi connectivity index (χ1) is 17.5. The van der Waals surface area contributed by atoms with Crippen molar-refractivity contribution in [2.24, 2.45) is 0 Å². The van der Waals surface area contributed by atoms with Gasteiger partial charge in [0, 0.05) is 18.2 Å². The molecule has 2 N–H and O–H groups in total. The maximum Gasteiger partial charge on any atom is 0.323 e. The average Bonchev–Trinajstić information content (AvgIpc) is 2.92. The molecule has 0 spiro atoms. The first-order valence-corrected chi connectivity index (χ1v) is 11.9. The summed E-state index contributed by atoms with van der Waals surface area (Å²) in [7, 11) is 0. The molecule has 2 unspecified atom stereocenters. The third kappa shape index (κ3) is 6.38. The van der Waals surface area contributed by atoms with Gasteiger partial charge in [-0.25, -0.2) is 0 Å². The fourth-order valence-electron chi connectivity index (χ4n) is 3.79. The molecule has 186 valence electrons. The Morgan fingerprint density at radius 2 is 1.72 bits per heavy atom. The summed E-state index contributed by atoms with van der Waals surface area (Å²) >= 11 is 0. The molecule has 0 amide bonds. The van der Waals surface area contributed by atoms with Gasteiger partial charge in [-0.15, -0.1) is 0 Å². The number of esters is 1. The van der Waals surface area contributed by atoms with Gasteiger partial charge in [0.2, 0.25) is 0 Å². The summed E-state index contributed by atoms with van der Waals surface area (Å²) in [4.78, 5) is 25.3. The van der Waals surface area contributed by atoms with Crippen molar-refractivity contribution in [2.75, 3.05) is 13.2 Å². The summed E-state index contributed by atoms with van der Waals surface area (Å²) in [6.07, 6.45) is -0.401. The van der Waals surface area contributed by atoms with Gasteiger partial charge < -0.3 is 24.3 Å². The van der Waals surface area contributed by atoms with Gasteiger partial charge >= 0.3 is 5.97 Å². The van der Waals surface area contributed by atoms with E-state index in [-0.39, 0.29) is 31.2 Å². The predicted octanol–water partition coefficient (Wildman–Crippen LogP) is 4.31. The van der Waals surface area contributed by atoms with E-state index in [1.54, 1.807) is 18.2 Å². The fraction of sp³-hybridized carbons (Fsp3) is 0.241. The summed E-state index contributed by atoms with van der Waals surface area (Å²) in [5, 5.41) is 13.8. The van der Waals surface area contributed by atoms with Crippen molar-refractivity contribution in [1.29, 1.82) is 0 Å². The molecule has 36 heavy (non-hydrogen) atoms. The van der Waals surface area contributed by atoms with E-state index in [9.17, 15) is 14.7 Å². The second-order valence-electron chi connectivity index (χ2n) is 8.40. The number of hydrogen-bond donors (Lipinski definition) is 2. The minimum Gasteiger partial charge on any atom is -0.490 e. The van der Waals surface area contributed by atoms with Crippen molar-refractivity contribution < 1.29 is 23.8 Å². The van der Waals surface area contributed by atoms with Gasteiger partial charge in [0.15, 0.2) is 5.43 Å². The fourth-order valence-corrected chi connectivity index (χ4v) is 3.79. The molecule has 0 aliphatic carbocycles. The average molecular weight is 488 g/mol. The Morgan fingerprint density at radius 3 is 2.44 bits per heavy atom. The molecule has 4 rings (SSSR count). The van der Waals surface area contributed by atoms with Crippen LogP contribution in [0.25, 0.3) is 22.3 Å². The van der Waals surface area contributed by atoms with Gasteiger partial charge in [-0.1, -0.05) is 73.7 Å². The molecule has 4 aromatic rings. The number of hydrogen-bond acceptors (Lipinski definition) is 7.